The second-order valence-electron chi connectivity index (χ2n) is 4.11. The van der Waals surface area contributed by atoms with Crippen LogP contribution in [0.4, 0.5) is 4.39 Å². The summed E-state index contributed by atoms with van der Waals surface area (Å²) in [7, 11) is 0. The summed E-state index contributed by atoms with van der Waals surface area (Å²) in [5.74, 6) is 0.101. The summed E-state index contributed by atoms with van der Waals surface area (Å²) in [6, 6.07) is 6.67. The smallest absolute Gasteiger partial charge is 0.123 e. The van der Waals surface area contributed by atoms with Crippen molar-refractivity contribution in [3.63, 3.8) is 0 Å². The molecule has 0 spiro atoms. The molecule has 1 atom stereocenters. The van der Waals surface area contributed by atoms with Gasteiger partial charge in [-0.25, -0.2) is 9.37 Å². The first-order valence-electron chi connectivity index (χ1n) is 5.58. The summed E-state index contributed by atoms with van der Waals surface area (Å²) in [6.45, 7) is 2.66. The lowest BCUT2D eigenvalue weighted by Gasteiger charge is -2.02. The van der Waals surface area contributed by atoms with Crippen LogP contribution in [0.15, 0.2) is 30.5 Å². The van der Waals surface area contributed by atoms with Gasteiger partial charge in [0.05, 0.1) is 5.01 Å². The maximum atomic E-state index is 13.0. The van der Waals surface area contributed by atoms with E-state index in [1.165, 1.54) is 6.07 Å². The molecule has 4 heteroatoms. The van der Waals surface area contributed by atoms with Gasteiger partial charge in [0.2, 0.25) is 0 Å². The number of nitrogens with two attached hydrogens (primary N) is 1. The molecule has 2 rings (SSSR count). The van der Waals surface area contributed by atoms with E-state index in [9.17, 15) is 4.39 Å². The minimum absolute atomic E-state index is 0.192. The van der Waals surface area contributed by atoms with Crippen LogP contribution in [0.2, 0.25) is 0 Å². The largest absolute Gasteiger partial charge is 0.330 e. The minimum atomic E-state index is -0.192. The van der Waals surface area contributed by atoms with E-state index in [4.69, 9.17) is 5.73 Å². The monoisotopic (exact) mass is 250 g/mol. The molecule has 2 aromatic rings. The summed E-state index contributed by atoms with van der Waals surface area (Å²) in [5, 5.41) is 1.05. The number of hydrogen-bond acceptors (Lipinski definition) is 3. The minimum Gasteiger partial charge on any atom is -0.330 e. The van der Waals surface area contributed by atoms with Crippen molar-refractivity contribution in [3.05, 3.63) is 51.7 Å². The second-order valence-corrected chi connectivity index (χ2v) is 5.26. The van der Waals surface area contributed by atoms with Crippen molar-refractivity contribution in [2.24, 2.45) is 5.73 Å². The van der Waals surface area contributed by atoms with Crippen molar-refractivity contribution < 1.29 is 4.39 Å². The van der Waals surface area contributed by atoms with Crippen LogP contribution in [-0.4, -0.2) is 11.5 Å². The van der Waals surface area contributed by atoms with Gasteiger partial charge in [0.1, 0.15) is 5.82 Å². The molecule has 0 aliphatic rings. The number of aromatic nitrogens is 1. The molecule has 90 valence electrons. The third-order valence-corrected chi connectivity index (χ3v) is 3.84. The van der Waals surface area contributed by atoms with E-state index in [1.54, 1.807) is 23.5 Å². The Morgan fingerprint density at radius 1 is 1.47 bits per heavy atom. The molecular weight excluding hydrogens is 235 g/mol. The molecule has 0 saturated heterocycles. The van der Waals surface area contributed by atoms with Gasteiger partial charge in [-0.15, -0.1) is 11.3 Å². The second kappa shape index (κ2) is 5.38. The molecule has 0 bridgehead atoms. The lowest BCUT2D eigenvalue weighted by Crippen LogP contribution is -2.08. The van der Waals surface area contributed by atoms with Gasteiger partial charge in [-0.3, -0.25) is 0 Å². The van der Waals surface area contributed by atoms with Gasteiger partial charge in [0.15, 0.2) is 0 Å². The molecule has 1 unspecified atom stereocenters. The first-order valence-corrected chi connectivity index (χ1v) is 6.40. The Kier molecular flexibility index (Phi) is 3.86. The predicted octanol–water partition coefficient (Wildman–Crippen LogP) is 2.94. The first kappa shape index (κ1) is 12.2. The molecule has 0 saturated carbocycles. The molecule has 0 amide bonds. The summed E-state index contributed by atoms with van der Waals surface area (Å²) >= 11 is 1.65. The first-order chi connectivity index (χ1) is 8.19. The van der Waals surface area contributed by atoms with Crippen LogP contribution in [0.3, 0.4) is 0 Å². The number of hydrogen-bond donors (Lipinski definition) is 1. The van der Waals surface area contributed by atoms with E-state index >= 15 is 0 Å². The molecule has 17 heavy (non-hydrogen) atoms. The van der Waals surface area contributed by atoms with Gasteiger partial charge < -0.3 is 5.73 Å². The Bertz CT molecular complexity index is 496. The Hall–Kier alpha value is -1.26. The van der Waals surface area contributed by atoms with Crippen LogP contribution in [-0.2, 0) is 6.42 Å². The van der Waals surface area contributed by atoms with Crippen molar-refractivity contribution in [2.75, 3.05) is 6.54 Å². The third kappa shape index (κ3) is 3.11. The summed E-state index contributed by atoms with van der Waals surface area (Å²) in [4.78, 5) is 5.49. The van der Waals surface area contributed by atoms with Crippen LogP contribution in [0.1, 0.15) is 28.3 Å². The zero-order chi connectivity index (χ0) is 12.3. The highest BCUT2D eigenvalue weighted by atomic mass is 32.1. The quantitative estimate of drug-likeness (QED) is 0.906. The Labute approximate surface area is 104 Å². The number of rotatable bonds is 4. The number of thiazole rings is 1. The third-order valence-electron chi connectivity index (χ3n) is 2.61. The molecule has 2 N–H and O–H groups in total. The lowest BCUT2D eigenvalue weighted by atomic mass is 10.1. The molecule has 1 heterocycles. The Morgan fingerprint density at radius 3 is 3.00 bits per heavy atom. The number of nitrogens with zero attached hydrogens (tertiary/aromatic N) is 1. The summed E-state index contributed by atoms with van der Waals surface area (Å²) in [5.41, 5.74) is 6.58. The van der Waals surface area contributed by atoms with Gasteiger partial charge in [0.25, 0.3) is 0 Å². The topological polar surface area (TPSA) is 38.9 Å². The van der Waals surface area contributed by atoms with E-state index < -0.39 is 0 Å². The van der Waals surface area contributed by atoms with E-state index in [2.05, 4.69) is 11.9 Å². The molecule has 2 nitrogen and oxygen atoms in total. The highest BCUT2D eigenvalue weighted by Gasteiger charge is 2.09. The van der Waals surface area contributed by atoms with Crippen LogP contribution in [0.25, 0.3) is 0 Å². The molecule has 0 radical (unpaired) electrons. The van der Waals surface area contributed by atoms with Gasteiger partial charge >= 0.3 is 0 Å². The Balaban J connectivity index is 2.11. The number of benzene rings is 1. The van der Waals surface area contributed by atoms with E-state index in [-0.39, 0.29) is 5.82 Å². The van der Waals surface area contributed by atoms with Crippen LogP contribution in [0, 0.1) is 5.82 Å². The van der Waals surface area contributed by atoms with Crippen molar-refractivity contribution in [1.29, 1.82) is 0 Å². The molecule has 1 aromatic carbocycles. The fraction of sp³-hybridized carbons (Fsp3) is 0.308. The highest BCUT2D eigenvalue weighted by molar-refractivity contribution is 7.11. The van der Waals surface area contributed by atoms with Crippen molar-refractivity contribution in [3.8, 4) is 0 Å². The summed E-state index contributed by atoms with van der Waals surface area (Å²) < 4.78 is 13.0. The van der Waals surface area contributed by atoms with Gasteiger partial charge in [-0.05, 0) is 17.7 Å². The average molecular weight is 250 g/mol. The summed E-state index contributed by atoms with van der Waals surface area (Å²) in [6.07, 6.45) is 2.59. The maximum absolute atomic E-state index is 13.0. The molecule has 1 aromatic heterocycles. The molecular formula is C13H15FN2S. The van der Waals surface area contributed by atoms with Crippen molar-refractivity contribution in [2.45, 2.75) is 19.3 Å². The van der Waals surface area contributed by atoms with Crippen LogP contribution in [0.5, 0.6) is 0 Å². The zero-order valence-electron chi connectivity index (χ0n) is 9.69. The molecule has 0 aliphatic heterocycles. The van der Waals surface area contributed by atoms with Crippen LogP contribution >= 0.6 is 11.3 Å². The average Bonchev–Trinajstić information content (AvgIpc) is 2.76. The molecule has 0 aliphatic carbocycles. The lowest BCUT2D eigenvalue weighted by molar-refractivity contribution is 0.626. The van der Waals surface area contributed by atoms with Gasteiger partial charge in [-0.1, -0.05) is 19.1 Å². The maximum Gasteiger partial charge on any atom is 0.123 e. The van der Waals surface area contributed by atoms with E-state index in [0.29, 0.717) is 12.5 Å². The molecule has 0 fully saturated rings. The van der Waals surface area contributed by atoms with E-state index in [0.717, 1.165) is 21.9 Å². The van der Waals surface area contributed by atoms with Crippen LogP contribution < -0.4 is 5.73 Å². The van der Waals surface area contributed by atoms with Gasteiger partial charge in [0, 0.05) is 30.0 Å². The highest BCUT2D eigenvalue weighted by Crippen LogP contribution is 2.23. The van der Waals surface area contributed by atoms with Crippen molar-refractivity contribution in [1.82, 2.24) is 4.98 Å². The predicted molar refractivity (Wildman–Crippen MR) is 68.8 cm³/mol. The number of halogens is 1. The standard InChI is InChI=1S/C13H15FN2S/c1-9(7-15)13-16-8-12(17-13)6-10-3-2-4-11(14)5-10/h2-5,8-9H,6-7,15H2,1H3. The van der Waals surface area contributed by atoms with E-state index in [1.807, 2.05) is 12.3 Å². The zero-order valence-corrected chi connectivity index (χ0v) is 10.5. The van der Waals surface area contributed by atoms with Crippen molar-refractivity contribution >= 4 is 11.3 Å². The van der Waals surface area contributed by atoms with Gasteiger partial charge in [-0.2, -0.15) is 0 Å². The normalized spacial score (nSPS) is 12.6. The fourth-order valence-corrected chi connectivity index (χ4v) is 2.60. The Morgan fingerprint density at radius 2 is 2.29 bits per heavy atom. The SMILES string of the molecule is CC(CN)c1ncc(Cc2cccc(F)c2)s1. The fourth-order valence-electron chi connectivity index (χ4n) is 1.58.